The van der Waals surface area contributed by atoms with Crippen molar-refractivity contribution in [2.24, 2.45) is 17.6 Å². The van der Waals surface area contributed by atoms with Gasteiger partial charge in [0.05, 0.1) is 5.56 Å². The van der Waals surface area contributed by atoms with Crippen molar-refractivity contribution in [3.05, 3.63) is 83.7 Å². The van der Waals surface area contributed by atoms with E-state index in [2.05, 4.69) is 55.3 Å². The van der Waals surface area contributed by atoms with Gasteiger partial charge in [-0.25, -0.2) is 4.39 Å². The maximum absolute atomic E-state index is 15.6. The molecular weight excluding hydrogens is 637 g/mol. The molecule has 1 aliphatic carbocycles. The third kappa shape index (κ3) is 9.36. The van der Waals surface area contributed by atoms with Gasteiger partial charge in [-0.3, -0.25) is 14.4 Å². The maximum atomic E-state index is 15.6. The molecule has 12 nitrogen and oxygen atoms in total. The van der Waals surface area contributed by atoms with Crippen LogP contribution in [0, 0.1) is 17.7 Å². The van der Waals surface area contributed by atoms with Crippen LogP contribution in [0.2, 0.25) is 0 Å². The van der Waals surface area contributed by atoms with Gasteiger partial charge in [0, 0.05) is 42.2 Å². The molecule has 1 saturated carbocycles. The lowest BCUT2D eigenvalue weighted by Gasteiger charge is -2.28. The topological polar surface area (TPSA) is 171 Å². The first-order valence-electron chi connectivity index (χ1n) is 17.3. The standard InChI is InChI=1S/C37H46FN9O3/c1-3-47(4-2)21-20-40-36(49)31-7-5-6-30(33(31)38)26-12-8-24(9-13-26)22-32(42-35(48)28-14-10-25(23-39)11-15-28)37(50)41-29-18-16-27(17-19-29)34-43-45-46-44-34/h5-9,12-13,16-19,25,28,32H,3-4,10-11,14-15,20-23,39H2,1-2H3,(H,40,49)(H,41,50)(H,42,48)(H,43,44,45,46)/t25?,28?,32-/m0/s1. The number of likely N-dealkylation sites (N-methyl/N-ethyl adjacent to an activating group) is 1. The molecule has 3 aromatic carbocycles. The van der Waals surface area contributed by atoms with Gasteiger partial charge in [0.25, 0.3) is 5.91 Å². The molecule has 6 N–H and O–H groups in total. The first-order chi connectivity index (χ1) is 24.3. The van der Waals surface area contributed by atoms with Crippen LogP contribution >= 0.6 is 0 Å². The van der Waals surface area contributed by atoms with Crippen LogP contribution in [0.25, 0.3) is 22.5 Å². The number of H-pyrrole nitrogens is 1. The van der Waals surface area contributed by atoms with Gasteiger partial charge in [-0.15, -0.1) is 10.2 Å². The highest BCUT2D eigenvalue weighted by molar-refractivity contribution is 5.98. The Balaban J connectivity index is 1.29. The van der Waals surface area contributed by atoms with Gasteiger partial charge in [-0.05, 0) is 97.9 Å². The Morgan fingerprint density at radius 1 is 0.960 bits per heavy atom. The van der Waals surface area contributed by atoms with Crippen LogP contribution < -0.4 is 21.7 Å². The minimum absolute atomic E-state index is 0.0172. The first kappa shape index (κ1) is 36.3. The minimum Gasteiger partial charge on any atom is -0.351 e. The summed E-state index contributed by atoms with van der Waals surface area (Å²) in [4.78, 5) is 42.1. The third-order valence-electron chi connectivity index (χ3n) is 9.50. The minimum atomic E-state index is -0.863. The molecule has 50 heavy (non-hydrogen) atoms. The number of halogens is 1. The second kappa shape index (κ2) is 17.6. The summed E-state index contributed by atoms with van der Waals surface area (Å²) in [6.07, 6.45) is 3.44. The Kier molecular flexibility index (Phi) is 12.8. The molecule has 4 aromatic rings. The van der Waals surface area contributed by atoms with Crippen LogP contribution in [0.4, 0.5) is 10.1 Å². The predicted octanol–water partition coefficient (Wildman–Crippen LogP) is 4.18. The Morgan fingerprint density at radius 2 is 1.66 bits per heavy atom. The van der Waals surface area contributed by atoms with Gasteiger partial charge in [-0.2, -0.15) is 5.21 Å². The summed E-state index contributed by atoms with van der Waals surface area (Å²) in [6, 6.07) is 18.1. The van der Waals surface area contributed by atoms with Crippen molar-refractivity contribution in [1.82, 2.24) is 36.2 Å². The van der Waals surface area contributed by atoms with Gasteiger partial charge in [-0.1, -0.05) is 50.2 Å². The fourth-order valence-electron chi connectivity index (χ4n) is 6.32. The lowest BCUT2D eigenvalue weighted by atomic mass is 9.81. The lowest BCUT2D eigenvalue weighted by molar-refractivity contribution is -0.130. The van der Waals surface area contributed by atoms with E-state index in [1.165, 1.54) is 6.07 Å². The van der Waals surface area contributed by atoms with Crippen LogP contribution in [0.3, 0.4) is 0 Å². The Hall–Kier alpha value is -5.01. The molecule has 0 bridgehead atoms. The number of hydrogen-bond acceptors (Lipinski definition) is 8. The number of aromatic amines is 1. The fraction of sp³-hybridized carbons (Fsp3) is 0.405. The van der Waals surface area contributed by atoms with Crippen molar-refractivity contribution in [2.75, 3.05) is 38.0 Å². The van der Waals surface area contributed by atoms with E-state index in [0.29, 0.717) is 48.2 Å². The van der Waals surface area contributed by atoms with Gasteiger partial charge < -0.3 is 26.6 Å². The smallest absolute Gasteiger partial charge is 0.254 e. The number of nitrogens with one attached hydrogen (secondary N) is 4. The highest BCUT2D eigenvalue weighted by Crippen LogP contribution is 2.29. The van der Waals surface area contributed by atoms with Gasteiger partial charge >= 0.3 is 0 Å². The van der Waals surface area contributed by atoms with Gasteiger partial charge in [0.1, 0.15) is 11.9 Å². The van der Waals surface area contributed by atoms with E-state index < -0.39 is 17.8 Å². The van der Waals surface area contributed by atoms with E-state index in [9.17, 15) is 14.4 Å². The van der Waals surface area contributed by atoms with E-state index in [-0.39, 0.29) is 29.7 Å². The van der Waals surface area contributed by atoms with Crippen molar-refractivity contribution < 1.29 is 18.8 Å². The Bertz CT molecular complexity index is 1700. The summed E-state index contributed by atoms with van der Waals surface area (Å²) >= 11 is 0. The highest BCUT2D eigenvalue weighted by Gasteiger charge is 2.29. The third-order valence-corrected chi connectivity index (χ3v) is 9.50. The average Bonchev–Trinajstić information content (AvgIpc) is 3.69. The van der Waals surface area contributed by atoms with E-state index in [0.717, 1.165) is 49.9 Å². The Labute approximate surface area is 291 Å². The molecule has 0 unspecified atom stereocenters. The number of carbonyl (C=O) groups excluding carboxylic acids is 3. The molecule has 0 saturated heterocycles. The fourth-order valence-corrected chi connectivity index (χ4v) is 6.32. The molecular formula is C37H46FN9O3. The number of carbonyl (C=O) groups is 3. The van der Waals surface area contributed by atoms with Crippen LogP contribution in [0.1, 0.15) is 55.5 Å². The number of aromatic nitrogens is 4. The molecule has 1 atom stereocenters. The second-order valence-corrected chi connectivity index (χ2v) is 12.7. The van der Waals surface area contributed by atoms with Gasteiger partial charge in [0.15, 0.2) is 0 Å². The number of tetrazole rings is 1. The quantitative estimate of drug-likeness (QED) is 0.124. The summed E-state index contributed by atoms with van der Waals surface area (Å²) in [5, 5.41) is 22.7. The number of anilines is 1. The predicted molar refractivity (Wildman–Crippen MR) is 190 cm³/mol. The van der Waals surface area contributed by atoms with Crippen molar-refractivity contribution in [2.45, 2.75) is 52.0 Å². The summed E-state index contributed by atoms with van der Waals surface area (Å²) in [5.74, 6) is -0.908. The Morgan fingerprint density at radius 3 is 2.30 bits per heavy atom. The molecule has 0 radical (unpaired) electrons. The normalized spacial score (nSPS) is 16.5. The molecule has 1 aromatic heterocycles. The van der Waals surface area contributed by atoms with E-state index in [1.54, 1.807) is 48.5 Å². The molecule has 1 heterocycles. The van der Waals surface area contributed by atoms with Crippen molar-refractivity contribution in [1.29, 1.82) is 0 Å². The second-order valence-electron chi connectivity index (χ2n) is 12.7. The largest absolute Gasteiger partial charge is 0.351 e. The number of rotatable bonds is 15. The molecule has 1 aliphatic rings. The van der Waals surface area contributed by atoms with Crippen LogP contribution in [-0.2, 0) is 16.0 Å². The van der Waals surface area contributed by atoms with Crippen molar-refractivity contribution in [3.63, 3.8) is 0 Å². The van der Waals surface area contributed by atoms with Crippen molar-refractivity contribution >= 4 is 23.4 Å². The van der Waals surface area contributed by atoms with Crippen molar-refractivity contribution in [3.8, 4) is 22.5 Å². The van der Waals surface area contributed by atoms with Crippen LogP contribution in [-0.4, -0.2) is 82.0 Å². The zero-order valence-electron chi connectivity index (χ0n) is 28.6. The molecule has 0 spiro atoms. The summed E-state index contributed by atoms with van der Waals surface area (Å²) in [6.45, 7) is 7.57. The van der Waals surface area contributed by atoms with E-state index in [4.69, 9.17) is 5.73 Å². The number of benzene rings is 3. The summed E-state index contributed by atoms with van der Waals surface area (Å²) < 4.78 is 15.6. The zero-order chi connectivity index (χ0) is 35.5. The van der Waals surface area contributed by atoms with E-state index >= 15 is 4.39 Å². The number of amides is 3. The molecule has 264 valence electrons. The molecule has 0 aliphatic heterocycles. The summed E-state index contributed by atoms with van der Waals surface area (Å²) in [7, 11) is 0. The first-order valence-corrected chi connectivity index (χ1v) is 17.3. The number of nitrogens with two attached hydrogens (primary N) is 1. The maximum Gasteiger partial charge on any atom is 0.254 e. The lowest BCUT2D eigenvalue weighted by Crippen LogP contribution is -2.48. The molecule has 3 amide bonds. The number of nitrogens with zero attached hydrogens (tertiary/aromatic N) is 4. The van der Waals surface area contributed by atoms with E-state index in [1.807, 2.05) is 12.1 Å². The molecule has 5 rings (SSSR count). The SMILES string of the molecule is CCN(CC)CCNC(=O)c1cccc(-c2ccc(C[C@H](NC(=O)C3CCC(CN)CC3)C(=O)Nc3ccc(-c4nn[nH]n4)cc3)cc2)c1F. The average molecular weight is 684 g/mol. The van der Waals surface area contributed by atoms with Gasteiger partial charge in [0.2, 0.25) is 17.6 Å². The van der Waals surface area contributed by atoms with Crippen LogP contribution in [0.5, 0.6) is 0 Å². The van der Waals surface area contributed by atoms with Crippen LogP contribution in [0.15, 0.2) is 66.7 Å². The molecule has 1 fully saturated rings. The highest BCUT2D eigenvalue weighted by atomic mass is 19.1. The monoisotopic (exact) mass is 683 g/mol. The number of hydrogen-bond donors (Lipinski definition) is 5. The molecule has 13 heteroatoms. The summed E-state index contributed by atoms with van der Waals surface area (Å²) in [5.41, 5.74) is 8.78. The zero-order valence-corrected chi connectivity index (χ0v) is 28.6.